The number of halogens is 2. The normalized spacial score (nSPS) is 17.3. The van der Waals surface area contributed by atoms with Gasteiger partial charge in [-0.15, -0.1) is 0 Å². The minimum Gasteiger partial charge on any atom is -0.507 e. The van der Waals surface area contributed by atoms with Gasteiger partial charge in [-0.05, 0) is 35.9 Å². The molecule has 1 saturated heterocycles. The van der Waals surface area contributed by atoms with Gasteiger partial charge in [0.25, 0.3) is 11.7 Å². The summed E-state index contributed by atoms with van der Waals surface area (Å²) in [6, 6.07) is 13.2. The van der Waals surface area contributed by atoms with Crippen LogP contribution in [0.15, 0.2) is 72.7 Å². The average Bonchev–Trinajstić information content (AvgIpc) is 3.38. The van der Waals surface area contributed by atoms with Crippen LogP contribution in [-0.2, 0) is 16.1 Å². The number of ether oxygens (including phenoxy) is 1. The van der Waals surface area contributed by atoms with Crippen LogP contribution >= 0.6 is 23.2 Å². The van der Waals surface area contributed by atoms with Gasteiger partial charge in [0.2, 0.25) is 0 Å². The van der Waals surface area contributed by atoms with E-state index in [1.54, 1.807) is 30.7 Å². The number of benzene rings is 2. The van der Waals surface area contributed by atoms with Crippen LogP contribution < -0.4 is 4.74 Å². The highest BCUT2D eigenvalue weighted by Gasteiger charge is 2.47. The second-order valence-electron chi connectivity index (χ2n) is 8.05. The van der Waals surface area contributed by atoms with Crippen LogP contribution in [0.1, 0.15) is 22.7 Å². The topological polar surface area (TPSA) is 95.5 Å². The van der Waals surface area contributed by atoms with Crippen molar-refractivity contribution in [1.29, 1.82) is 0 Å². The van der Waals surface area contributed by atoms with Crippen LogP contribution in [0.4, 0.5) is 0 Å². The minimum atomic E-state index is -0.848. The lowest BCUT2D eigenvalue weighted by Gasteiger charge is -2.25. The summed E-state index contributed by atoms with van der Waals surface area (Å²) < 4.78 is 5.19. The number of ketones is 1. The third kappa shape index (κ3) is 3.92. The molecule has 0 bridgehead atoms. The Morgan fingerprint density at radius 3 is 2.49 bits per heavy atom. The summed E-state index contributed by atoms with van der Waals surface area (Å²) in [6.07, 6.45) is 4.99. The third-order valence-electron chi connectivity index (χ3n) is 6.03. The van der Waals surface area contributed by atoms with Crippen LogP contribution in [0.3, 0.4) is 0 Å². The molecule has 3 heterocycles. The highest BCUT2D eigenvalue weighted by atomic mass is 35.5. The number of Topliss-reactive ketones (excluding diaryl/α,β-unsaturated/α-hetero) is 1. The fraction of sp³-hybridized carbons (Fsp3) is 0.115. The molecular formula is C26H19Cl2N3O4. The summed E-state index contributed by atoms with van der Waals surface area (Å²) in [5.41, 5.74) is 2.47. The Morgan fingerprint density at radius 1 is 1.11 bits per heavy atom. The first-order valence-corrected chi connectivity index (χ1v) is 11.4. The number of rotatable bonds is 5. The molecule has 2 N–H and O–H groups in total. The first kappa shape index (κ1) is 23.0. The van der Waals surface area contributed by atoms with E-state index < -0.39 is 17.7 Å². The van der Waals surface area contributed by atoms with E-state index in [-0.39, 0.29) is 39.2 Å². The SMILES string of the molecule is COc1c(Cl)cc(/C(O)=C2\C(=O)C(=O)N(Cc3ccncc3)C2c2c[nH]c3ccccc23)cc1Cl. The summed E-state index contributed by atoms with van der Waals surface area (Å²) in [7, 11) is 1.42. The van der Waals surface area contributed by atoms with E-state index in [9.17, 15) is 14.7 Å². The number of aliphatic hydroxyl groups excluding tert-OH is 1. The second-order valence-corrected chi connectivity index (χ2v) is 8.86. The summed E-state index contributed by atoms with van der Waals surface area (Å²) in [5, 5.41) is 12.5. The molecule has 1 fully saturated rings. The van der Waals surface area contributed by atoms with E-state index in [2.05, 4.69) is 9.97 Å². The number of hydrogen-bond donors (Lipinski definition) is 2. The van der Waals surface area contributed by atoms with Gasteiger partial charge in [-0.2, -0.15) is 0 Å². The smallest absolute Gasteiger partial charge is 0.295 e. The number of nitrogens with one attached hydrogen (secondary N) is 1. The summed E-state index contributed by atoms with van der Waals surface area (Å²) >= 11 is 12.6. The molecule has 2 aromatic carbocycles. The number of aromatic nitrogens is 2. The third-order valence-corrected chi connectivity index (χ3v) is 6.60. The van der Waals surface area contributed by atoms with E-state index in [0.29, 0.717) is 5.56 Å². The number of methoxy groups -OCH3 is 1. The van der Waals surface area contributed by atoms with Gasteiger partial charge in [-0.25, -0.2) is 0 Å². The first-order chi connectivity index (χ1) is 16.9. The molecule has 7 nitrogen and oxygen atoms in total. The van der Waals surface area contributed by atoms with Gasteiger partial charge in [0.1, 0.15) is 5.76 Å². The Bertz CT molecular complexity index is 1470. The maximum atomic E-state index is 13.3. The molecule has 1 aliphatic heterocycles. The van der Waals surface area contributed by atoms with Gasteiger partial charge in [-0.1, -0.05) is 41.4 Å². The van der Waals surface area contributed by atoms with E-state index >= 15 is 0 Å². The van der Waals surface area contributed by atoms with E-state index in [4.69, 9.17) is 27.9 Å². The van der Waals surface area contributed by atoms with E-state index in [0.717, 1.165) is 16.5 Å². The predicted octanol–water partition coefficient (Wildman–Crippen LogP) is 5.50. The molecule has 9 heteroatoms. The largest absolute Gasteiger partial charge is 0.507 e. The molecule has 0 aliphatic carbocycles. The molecule has 176 valence electrons. The molecule has 1 atom stereocenters. The Balaban J connectivity index is 1.72. The van der Waals surface area contributed by atoms with Gasteiger partial charge in [-0.3, -0.25) is 14.6 Å². The summed E-state index contributed by atoms with van der Waals surface area (Å²) in [5.74, 6) is -1.64. The molecule has 0 spiro atoms. The van der Waals surface area contributed by atoms with Crippen molar-refractivity contribution >= 4 is 51.6 Å². The van der Waals surface area contributed by atoms with Crippen molar-refractivity contribution in [3.05, 3.63) is 99.4 Å². The van der Waals surface area contributed by atoms with Gasteiger partial charge < -0.3 is 19.7 Å². The first-order valence-electron chi connectivity index (χ1n) is 10.7. The molecule has 35 heavy (non-hydrogen) atoms. The van der Waals surface area contributed by atoms with E-state index in [1.165, 1.54) is 24.1 Å². The maximum absolute atomic E-state index is 13.3. The highest BCUT2D eigenvalue weighted by molar-refractivity contribution is 6.47. The fourth-order valence-corrected chi connectivity index (χ4v) is 5.06. The number of aliphatic hydroxyl groups is 1. The molecule has 1 unspecified atom stereocenters. The Hall–Kier alpha value is -3.81. The number of hydrogen-bond acceptors (Lipinski definition) is 5. The molecule has 4 aromatic rings. The van der Waals surface area contributed by atoms with Gasteiger partial charge in [0.15, 0.2) is 5.75 Å². The van der Waals surface area contributed by atoms with Crippen molar-refractivity contribution in [1.82, 2.24) is 14.9 Å². The number of nitrogens with zero attached hydrogens (tertiary/aromatic N) is 2. The number of carbonyl (C=O) groups excluding carboxylic acids is 2. The quantitative estimate of drug-likeness (QED) is 0.211. The average molecular weight is 508 g/mol. The summed E-state index contributed by atoms with van der Waals surface area (Å²) in [4.78, 5) is 35.3. The molecule has 0 radical (unpaired) electrons. The lowest BCUT2D eigenvalue weighted by Crippen LogP contribution is -2.29. The number of likely N-dealkylation sites (tertiary alicyclic amines) is 1. The van der Waals surface area contributed by atoms with Crippen molar-refractivity contribution in [2.24, 2.45) is 0 Å². The van der Waals surface area contributed by atoms with Crippen molar-refractivity contribution in [2.75, 3.05) is 7.11 Å². The second kappa shape index (κ2) is 9.09. The Kier molecular flexibility index (Phi) is 5.96. The zero-order valence-electron chi connectivity index (χ0n) is 18.5. The van der Waals surface area contributed by atoms with Crippen molar-refractivity contribution in [2.45, 2.75) is 12.6 Å². The number of fused-ring (bicyclic) bond motifs is 1. The highest BCUT2D eigenvalue weighted by Crippen LogP contribution is 2.44. The molecule has 2 aromatic heterocycles. The lowest BCUT2D eigenvalue weighted by atomic mass is 9.94. The molecule has 1 aliphatic rings. The Labute approximate surface area is 210 Å². The molecule has 5 rings (SSSR count). The monoisotopic (exact) mass is 507 g/mol. The number of pyridine rings is 1. The van der Waals surface area contributed by atoms with Gasteiger partial charge in [0, 0.05) is 47.2 Å². The van der Waals surface area contributed by atoms with Gasteiger partial charge >= 0.3 is 0 Å². The summed E-state index contributed by atoms with van der Waals surface area (Å²) in [6.45, 7) is 0.151. The van der Waals surface area contributed by atoms with Crippen molar-refractivity contribution in [3.8, 4) is 5.75 Å². The lowest BCUT2D eigenvalue weighted by molar-refractivity contribution is -0.140. The van der Waals surface area contributed by atoms with Crippen molar-refractivity contribution < 1.29 is 19.4 Å². The molecular weight excluding hydrogens is 489 g/mol. The fourth-order valence-electron chi connectivity index (χ4n) is 4.42. The maximum Gasteiger partial charge on any atom is 0.295 e. The number of aromatic amines is 1. The minimum absolute atomic E-state index is 0.0499. The molecule has 1 amide bonds. The molecule has 0 saturated carbocycles. The van der Waals surface area contributed by atoms with Crippen LogP contribution in [0, 0.1) is 0 Å². The standard InChI is InChI=1S/C26H19Cl2N3O4/c1-35-25-18(27)10-15(11-19(25)28)23(32)21-22(17-12-30-20-5-3-2-4-16(17)20)31(26(34)24(21)33)13-14-6-8-29-9-7-14/h2-12,22,30,32H,13H2,1H3/b23-21+. The van der Waals surface area contributed by atoms with E-state index in [1.807, 2.05) is 24.3 Å². The van der Waals surface area contributed by atoms with Gasteiger partial charge in [0.05, 0.1) is 28.8 Å². The van der Waals surface area contributed by atoms with Crippen LogP contribution in [0.2, 0.25) is 10.0 Å². The Morgan fingerprint density at radius 2 is 1.80 bits per heavy atom. The number of carbonyl (C=O) groups is 2. The zero-order valence-corrected chi connectivity index (χ0v) is 20.0. The zero-order chi connectivity index (χ0) is 24.7. The number of H-pyrrole nitrogens is 1. The van der Waals surface area contributed by atoms with Crippen LogP contribution in [0.25, 0.3) is 16.7 Å². The number of para-hydroxylation sites is 1. The number of amides is 1. The van der Waals surface area contributed by atoms with Crippen molar-refractivity contribution in [3.63, 3.8) is 0 Å². The van der Waals surface area contributed by atoms with Crippen LogP contribution in [-0.4, -0.2) is 38.8 Å². The predicted molar refractivity (Wildman–Crippen MR) is 133 cm³/mol. The van der Waals surface area contributed by atoms with Crippen LogP contribution in [0.5, 0.6) is 5.75 Å².